The molecule has 0 aliphatic heterocycles. The topological polar surface area (TPSA) is 65.9 Å². The van der Waals surface area contributed by atoms with Gasteiger partial charge < -0.3 is 10.6 Å². The van der Waals surface area contributed by atoms with E-state index in [1.807, 2.05) is 24.3 Å². The molecule has 92 valence electrons. The lowest BCUT2D eigenvalue weighted by Crippen LogP contribution is -2.25. The zero-order valence-corrected chi connectivity index (χ0v) is 10.4. The molecule has 1 aromatic heterocycles. The molecular formula is C14H16N4. The number of fused-ring (bicyclic) bond motifs is 1. The van der Waals surface area contributed by atoms with E-state index < -0.39 is 0 Å². The van der Waals surface area contributed by atoms with Gasteiger partial charge in [-0.15, -0.1) is 0 Å². The number of hydrogen-bond acceptors (Lipinski definition) is 4. The van der Waals surface area contributed by atoms with Gasteiger partial charge >= 0.3 is 0 Å². The molecule has 0 aliphatic rings. The fourth-order valence-corrected chi connectivity index (χ4v) is 2.11. The number of nitrogen functional groups attached to an aromatic ring is 1. The number of nitrogens with zero attached hydrogens (tertiary/aromatic N) is 3. The van der Waals surface area contributed by atoms with Crippen molar-refractivity contribution in [3.63, 3.8) is 0 Å². The van der Waals surface area contributed by atoms with Gasteiger partial charge in [0.2, 0.25) is 0 Å². The molecule has 2 aromatic rings. The average Bonchev–Trinajstić information content (AvgIpc) is 2.41. The van der Waals surface area contributed by atoms with Crippen LogP contribution in [0.2, 0.25) is 0 Å². The normalized spacial score (nSPS) is 10.2. The van der Waals surface area contributed by atoms with Gasteiger partial charge in [-0.1, -0.05) is 18.2 Å². The average molecular weight is 240 g/mol. The number of pyridine rings is 1. The predicted octanol–water partition coefficient (Wildman–Crippen LogP) is 2.56. The summed E-state index contributed by atoms with van der Waals surface area (Å²) in [6, 6.07) is 10.1. The first-order valence-electron chi connectivity index (χ1n) is 6.03. The van der Waals surface area contributed by atoms with Crippen molar-refractivity contribution in [1.29, 1.82) is 5.26 Å². The molecule has 2 N–H and O–H groups in total. The molecule has 0 fully saturated rings. The maximum atomic E-state index is 8.72. The first-order valence-corrected chi connectivity index (χ1v) is 6.03. The third kappa shape index (κ3) is 2.21. The van der Waals surface area contributed by atoms with Gasteiger partial charge in [0.25, 0.3) is 0 Å². The quantitative estimate of drug-likeness (QED) is 0.891. The summed E-state index contributed by atoms with van der Waals surface area (Å²) in [5.41, 5.74) is 8.62. The lowest BCUT2D eigenvalue weighted by atomic mass is 10.1. The van der Waals surface area contributed by atoms with Gasteiger partial charge in [-0.25, -0.2) is 0 Å². The zero-order chi connectivity index (χ0) is 13.0. The highest BCUT2D eigenvalue weighted by Gasteiger charge is 2.12. The molecule has 1 heterocycles. The molecule has 0 saturated carbocycles. The monoisotopic (exact) mass is 240 g/mol. The third-order valence-corrected chi connectivity index (χ3v) is 2.97. The smallest absolute Gasteiger partial charge is 0.0745 e. The Hall–Kier alpha value is -2.28. The summed E-state index contributed by atoms with van der Waals surface area (Å²) in [4.78, 5) is 6.45. The number of hydrogen-bond donors (Lipinski definition) is 1. The minimum absolute atomic E-state index is 0.490. The van der Waals surface area contributed by atoms with Gasteiger partial charge in [-0.05, 0) is 13.0 Å². The van der Waals surface area contributed by atoms with Crippen LogP contribution in [0.5, 0.6) is 0 Å². The maximum absolute atomic E-state index is 8.72. The van der Waals surface area contributed by atoms with Crippen molar-refractivity contribution < 1.29 is 0 Å². The van der Waals surface area contributed by atoms with Crippen LogP contribution in [0.4, 0.5) is 11.4 Å². The van der Waals surface area contributed by atoms with E-state index >= 15 is 0 Å². The van der Waals surface area contributed by atoms with Gasteiger partial charge in [-0.2, -0.15) is 5.26 Å². The van der Waals surface area contributed by atoms with Gasteiger partial charge in [-0.3, -0.25) is 4.98 Å². The van der Waals surface area contributed by atoms with Crippen LogP contribution < -0.4 is 10.6 Å². The second-order valence-corrected chi connectivity index (χ2v) is 4.07. The first-order chi connectivity index (χ1) is 8.77. The minimum atomic E-state index is 0.490. The Bertz CT molecular complexity index is 586. The number of para-hydroxylation sites is 1. The van der Waals surface area contributed by atoms with Crippen LogP contribution in [0.25, 0.3) is 10.9 Å². The number of rotatable bonds is 4. The van der Waals surface area contributed by atoms with Crippen LogP contribution in [0, 0.1) is 11.3 Å². The molecule has 0 spiro atoms. The molecule has 0 saturated heterocycles. The Kier molecular flexibility index (Phi) is 3.63. The number of nitriles is 1. The van der Waals surface area contributed by atoms with Crippen molar-refractivity contribution in [2.24, 2.45) is 0 Å². The highest BCUT2D eigenvalue weighted by molar-refractivity contribution is 5.97. The van der Waals surface area contributed by atoms with Crippen molar-refractivity contribution in [2.75, 3.05) is 23.7 Å². The van der Waals surface area contributed by atoms with E-state index in [1.165, 1.54) is 0 Å². The van der Waals surface area contributed by atoms with Crippen LogP contribution >= 0.6 is 0 Å². The second-order valence-electron chi connectivity index (χ2n) is 4.07. The molecule has 4 heteroatoms. The van der Waals surface area contributed by atoms with Gasteiger partial charge in [0.05, 0.1) is 35.6 Å². The van der Waals surface area contributed by atoms with Crippen molar-refractivity contribution in [3.8, 4) is 6.07 Å². The van der Waals surface area contributed by atoms with Crippen molar-refractivity contribution >= 4 is 22.3 Å². The molecule has 0 aliphatic carbocycles. The van der Waals surface area contributed by atoms with Crippen LogP contribution in [0.15, 0.2) is 30.5 Å². The Balaban J connectivity index is 2.53. The van der Waals surface area contributed by atoms with Crippen LogP contribution in [0.3, 0.4) is 0 Å². The van der Waals surface area contributed by atoms with Crippen LogP contribution in [-0.4, -0.2) is 18.1 Å². The van der Waals surface area contributed by atoms with Gasteiger partial charge in [0.1, 0.15) is 0 Å². The van der Waals surface area contributed by atoms with Gasteiger partial charge in [0, 0.05) is 18.5 Å². The molecule has 2 rings (SSSR count). The van der Waals surface area contributed by atoms with E-state index in [-0.39, 0.29) is 0 Å². The molecule has 0 bridgehead atoms. The minimum Gasteiger partial charge on any atom is -0.396 e. The molecule has 18 heavy (non-hydrogen) atoms. The SMILES string of the molecule is CCN(CCC#N)c1c(N)cnc2ccccc12. The molecule has 0 unspecified atom stereocenters. The summed E-state index contributed by atoms with van der Waals surface area (Å²) < 4.78 is 0. The molecule has 4 nitrogen and oxygen atoms in total. The maximum Gasteiger partial charge on any atom is 0.0745 e. The fraction of sp³-hybridized carbons (Fsp3) is 0.286. The summed E-state index contributed by atoms with van der Waals surface area (Å²) >= 11 is 0. The summed E-state index contributed by atoms with van der Waals surface area (Å²) in [7, 11) is 0. The second kappa shape index (κ2) is 5.37. The fourth-order valence-electron chi connectivity index (χ4n) is 2.11. The third-order valence-electron chi connectivity index (χ3n) is 2.97. The Labute approximate surface area is 107 Å². The number of nitrogens with two attached hydrogens (primary N) is 1. The highest BCUT2D eigenvalue weighted by atomic mass is 15.1. The number of anilines is 2. The van der Waals surface area contributed by atoms with E-state index in [1.54, 1.807) is 6.20 Å². The van der Waals surface area contributed by atoms with E-state index in [9.17, 15) is 0 Å². The van der Waals surface area contributed by atoms with E-state index in [0.717, 1.165) is 23.1 Å². The van der Waals surface area contributed by atoms with Crippen molar-refractivity contribution in [2.45, 2.75) is 13.3 Å². The van der Waals surface area contributed by atoms with E-state index in [4.69, 9.17) is 11.0 Å². The largest absolute Gasteiger partial charge is 0.396 e. The molecule has 1 aromatic carbocycles. The molecule has 0 amide bonds. The lowest BCUT2D eigenvalue weighted by Gasteiger charge is -2.24. The summed E-state index contributed by atoms with van der Waals surface area (Å²) in [5.74, 6) is 0. The van der Waals surface area contributed by atoms with Gasteiger partial charge in [0.15, 0.2) is 0 Å². The number of aromatic nitrogens is 1. The van der Waals surface area contributed by atoms with Crippen LogP contribution in [0.1, 0.15) is 13.3 Å². The Morgan fingerprint density at radius 1 is 1.39 bits per heavy atom. The Morgan fingerprint density at radius 2 is 2.17 bits per heavy atom. The predicted molar refractivity (Wildman–Crippen MR) is 74.3 cm³/mol. The lowest BCUT2D eigenvalue weighted by molar-refractivity contribution is 0.831. The summed E-state index contributed by atoms with van der Waals surface area (Å²) in [6.45, 7) is 3.57. The van der Waals surface area contributed by atoms with E-state index in [0.29, 0.717) is 18.7 Å². The molecule has 0 radical (unpaired) electrons. The zero-order valence-electron chi connectivity index (χ0n) is 10.4. The Morgan fingerprint density at radius 3 is 2.89 bits per heavy atom. The highest BCUT2D eigenvalue weighted by Crippen LogP contribution is 2.31. The van der Waals surface area contributed by atoms with Crippen LogP contribution in [-0.2, 0) is 0 Å². The first kappa shape index (κ1) is 12.2. The van der Waals surface area contributed by atoms with Crippen molar-refractivity contribution in [1.82, 2.24) is 4.98 Å². The van der Waals surface area contributed by atoms with E-state index in [2.05, 4.69) is 22.9 Å². The summed E-state index contributed by atoms with van der Waals surface area (Å²) in [5, 5.41) is 9.76. The molecule has 0 atom stereocenters. The summed E-state index contributed by atoms with van der Waals surface area (Å²) in [6.07, 6.45) is 2.18. The van der Waals surface area contributed by atoms with Crippen molar-refractivity contribution in [3.05, 3.63) is 30.5 Å². The number of benzene rings is 1. The standard InChI is InChI=1S/C14H16N4/c1-2-18(9-5-8-15)14-11-6-3-4-7-13(11)17-10-12(14)16/h3-4,6-7,10H,2,5,9,16H2,1H3. The molecular weight excluding hydrogens is 224 g/mol.